The van der Waals surface area contributed by atoms with Gasteiger partial charge in [0.05, 0.1) is 11.5 Å². The molecular weight excluding hydrogens is 385 g/mol. The van der Waals surface area contributed by atoms with Crippen molar-refractivity contribution in [1.29, 1.82) is 0 Å². The number of amides is 1. The number of nitrogens with two attached hydrogens (primary N) is 1. The molecule has 5 nitrogen and oxygen atoms in total. The third-order valence-corrected chi connectivity index (χ3v) is 5.30. The van der Waals surface area contributed by atoms with E-state index in [0.717, 1.165) is 18.9 Å². The molecule has 1 aromatic rings. The number of benzene rings is 1. The molecule has 0 saturated carbocycles. The fourth-order valence-corrected chi connectivity index (χ4v) is 3.38. The monoisotopic (exact) mass is 421 g/mol. The summed E-state index contributed by atoms with van der Waals surface area (Å²) in [7, 11) is -3.57. The third kappa shape index (κ3) is 17.4. The number of hydrogen-bond acceptors (Lipinski definition) is 4. The van der Waals surface area contributed by atoms with Gasteiger partial charge in [0, 0.05) is 0 Å². The van der Waals surface area contributed by atoms with E-state index < -0.39 is 16.0 Å². The zero-order valence-electron chi connectivity index (χ0n) is 16.6. The Morgan fingerprint density at radius 3 is 1.82 bits per heavy atom. The van der Waals surface area contributed by atoms with E-state index in [4.69, 9.17) is 4.18 Å². The van der Waals surface area contributed by atoms with E-state index in [1.165, 1.54) is 51.4 Å². The van der Waals surface area contributed by atoms with Crippen LogP contribution in [0.5, 0.6) is 0 Å². The zero-order chi connectivity index (χ0) is 20.4. The van der Waals surface area contributed by atoms with E-state index in [2.05, 4.69) is 19.2 Å². The summed E-state index contributed by atoms with van der Waals surface area (Å²) in [5, 5.41) is 0. The van der Waals surface area contributed by atoms with Crippen molar-refractivity contribution in [2.24, 2.45) is 5.73 Å². The molecule has 0 fully saturated rings. The molecule has 1 amide bonds. The van der Waals surface area contributed by atoms with Gasteiger partial charge in [0.2, 0.25) is 5.91 Å². The van der Waals surface area contributed by atoms with Gasteiger partial charge in [0.1, 0.15) is 0 Å². The summed E-state index contributed by atoms with van der Waals surface area (Å²) in [6.45, 7) is 5.61. The molecule has 1 aromatic carbocycles. The molecule has 0 spiro atoms. The van der Waals surface area contributed by atoms with Crippen LogP contribution in [-0.4, -0.2) is 50.5 Å². The maximum absolute atomic E-state index is 11.9. The predicted octanol–water partition coefficient (Wildman–Crippen LogP) is 4.32. The molecule has 0 atom stereocenters. The van der Waals surface area contributed by atoms with E-state index in [1.54, 1.807) is 30.3 Å². The first-order valence-corrected chi connectivity index (χ1v) is 11.2. The molecule has 7 heteroatoms. The summed E-state index contributed by atoms with van der Waals surface area (Å²) in [6.07, 6.45) is 13.3. The van der Waals surface area contributed by atoms with Crippen LogP contribution in [0.15, 0.2) is 47.9 Å². The minimum atomic E-state index is -3.57. The molecule has 0 unspecified atom stereocenters. The van der Waals surface area contributed by atoms with Crippen molar-refractivity contribution < 1.29 is 17.4 Å². The van der Waals surface area contributed by atoms with Gasteiger partial charge in [-0.15, -0.1) is 0 Å². The van der Waals surface area contributed by atoms with Crippen molar-refractivity contribution >= 4 is 45.6 Å². The first-order chi connectivity index (χ1) is 12.9. The summed E-state index contributed by atoms with van der Waals surface area (Å²) in [6, 6.07) is 8.33. The van der Waals surface area contributed by atoms with Crippen molar-refractivity contribution in [3.63, 3.8) is 0 Å². The first kappa shape index (κ1) is 29.5. The van der Waals surface area contributed by atoms with Gasteiger partial charge in [0.25, 0.3) is 10.1 Å². The van der Waals surface area contributed by atoms with Gasteiger partial charge in [-0.05, 0) is 24.6 Å². The van der Waals surface area contributed by atoms with Gasteiger partial charge in [-0.25, -0.2) is 0 Å². The Labute approximate surface area is 193 Å². The molecule has 156 valence electrons. The van der Waals surface area contributed by atoms with Gasteiger partial charge >= 0.3 is 29.6 Å². The van der Waals surface area contributed by atoms with Gasteiger partial charge in [-0.2, -0.15) is 8.42 Å². The van der Waals surface area contributed by atoms with Gasteiger partial charge in [-0.1, -0.05) is 89.5 Å². The number of rotatable bonds is 14. The minimum absolute atomic E-state index is 0. The van der Waals surface area contributed by atoms with E-state index in [1.807, 2.05) is 0 Å². The molecule has 0 bridgehead atoms. The van der Waals surface area contributed by atoms with E-state index >= 15 is 0 Å². The Morgan fingerprint density at radius 1 is 0.964 bits per heavy atom. The fraction of sp³-hybridized carbons (Fsp3) is 0.571. The van der Waals surface area contributed by atoms with Gasteiger partial charge < -0.3 is 5.73 Å². The molecule has 2 N–H and O–H groups in total. The summed E-state index contributed by atoms with van der Waals surface area (Å²) in [5.74, 6) is -0.481. The second kappa shape index (κ2) is 19.6. The summed E-state index contributed by atoms with van der Waals surface area (Å²) in [5.41, 5.74) is 4.53. The second-order valence-corrected chi connectivity index (χ2v) is 7.99. The SMILES string of the molecule is C=CC(N)=O.CCCCCCCCCCCCOS(=O)(=O)c1ccccc1.[NaH]. The number of carbonyl (C=O) groups is 1. The summed E-state index contributed by atoms with van der Waals surface area (Å²) >= 11 is 0. The van der Waals surface area contributed by atoms with Crippen LogP contribution in [0, 0.1) is 0 Å². The van der Waals surface area contributed by atoms with Crippen LogP contribution in [-0.2, 0) is 19.1 Å². The van der Waals surface area contributed by atoms with Crippen LogP contribution in [0.4, 0.5) is 0 Å². The molecule has 0 aliphatic heterocycles. The van der Waals surface area contributed by atoms with Crippen LogP contribution < -0.4 is 5.73 Å². The molecule has 28 heavy (non-hydrogen) atoms. The quantitative estimate of drug-likeness (QED) is 0.210. The van der Waals surface area contributed by atoms with Crippen molar-refractivity contribution in [3.05, 3.63) is 43.0 Å². The Kier molecular flexibility index (Phi) is 20.7. The Morgan fingerprint density at radius 2 is 1.39 bits per heavy atom. The Balaban J connectivity index is 0. The van der Waals surface area contributed by atoms with Crippen LogP contribution in [0.25, 0.3) is 0 Å². The average molecular weight is 422 g/mol. The molecule has 0 radical (unpaired) electrons. The van der Waals surface area contributed by atoms with E-state index in [0.29, 0.717) is 0 Å². The zero-order valence-corrected chi connectivity index (χ0v) is 17.4. The maximum atomic E-state index is 11.9. The molecule has 0 aliphatic carbocycles. The van der Waals surface area contributed by atoms with Crippen molar-refractivity contribution in [1.82, 2.24) is 0 Å². The Hall–Kier alpha value is -0.660. The molecule has 0 aliphatic rings. The van der Waals surface area contributed by atoms with Crippen LogP contribution >= 0.6 is 0 Å². The first-order valence-electron chi connectivity index (χ1n) is 9.80. The molecular formula is C21H36NNaO4S. The summed E-state index contributed by atoms with van der Waals surface area (Å²) in [4.78, 5) is 9.71. The second-order valence-electron chi connectivity index (χ2n) is 6.38. The predicted molar refractivity (Wildman–Crippen MR) is 118 cm³/mol. The molecule has 0 heterocycles. The van der Waals surface area contributed by atoms with Crippen LogP contribution in [0.3, 0.4) is 0 Å². The molecule has 1 rings (SSSR count). The molecule has 0 aromatic heterocycles. The standard InChI is InChI=1S/C18H30O3S.C3H5NO.Na.H/c1-2-3-4-5-6-7-8-9-10-14-17-21-22(19,20)18-15-12-11-13-16-18;1-2-3(4)5;;/h11-13,15-16H,2-10,14,17H2,1H3;2H,1H2,(H2,4,5);;. The number of hydrogen-bond donors (Lipinski definition) is 1. The average Bonchev–Trinajstić information content (AvgIpc) is 2.67. The van der Waals surface area contributed by atoms with Crippen LogP contribution in [0.2, 0.25) is 0 Å². The normalized spacial score (nSPS) is 10.3. The molecule has 0 saturated heterocycles. The Bertz CT molecular complexity index is 606. The van der Waals surface area contributed by atoms with Gasteiger partial charge in [-0.3, -0.25) is 8.98 Å². The number of primary amides is 1. The van der Waals surface area contributed by atoms with E-state index in [9.17, 15) is 13.2 Å². The van der Waals surface area contributed by atoms with E-state index in [-0.39, 0.29) is 41.1 Å². The summed E-state index contributed by atoms with van der Waals surface area (Å²) < 4.78 is 28.8. The van der Waals surface area contributed by atoms with Gasteiger partial charge in [0.15, 0.2) is 0 Å². The van der Waals surface area contributed by atoms with Crippen molar-refractivity contribution in [3.8, 4) is 0 Å². The number of carbonyl (C=O) groups excluding carboxylic acids is 1. The fourth-order valence-electron chi connectivity index (χ4n) is 2.41. The topological polar surface area (TPSA) is 86.5 Å². The van der Waals surface area contributed by atoms with Crippen LogP contribution in [0.1, 0.15) is 71.1 Å². The van der Waals surface area contributed by atoms with Crippen molar-refractivity contribution in [2.45, 2.75) is 76.0 Å². The van der Waals surface area contributed by atoms with Crippen molar-refractivity contribution in [2.75, 3.05) is 6.61 Å². The third-order valence-electron chi connectivity index (χ3n) is 3.97. The number of unbranched alkanes of at least 4 members (excludes halogenated alkanes) is 9.